The summed E-state index contributed by atoms with van der Waals surface area (Å²) < 4.78 is 143. The molecular weight excluding hydrogens is 542 g/mol. The average Bonchev–Trinajstić information content (AvgIpc) is 2.80. The van der Waals surface area contributed by atoms with Gasteiger partial charge in [-0.15, -0.1) is 0 Å². The third-order valence-corrected chi connectivity index (χ3v) is 6.58. The van der Waals surface area contributed by atoms with Crippen LogP contribution in [0.25, 0.3) is 0 Å². The number of alkyl halides is 10. The van der Waals surface area contributed by atoms with Crippen molar-refractivity contribution in [1.82, 2.24) is 0 Å². The van der Waals surface area contributed by atoms with Crippen LogP contribution in [0.4, 0.5) is 43.9 Å². The van der Waals surface area contributed by atoms with Crippen LogP contribution in [-0.4, -0.2) is 38.4 Å². The standard InChI is InChI=1S/C24H24F10O2S/c1-13(23(29,30)31)9-15-5-3-7-17(35-19(27)11-25)21(15)37-22-16(10-14(2)24(32,33)34)6-4-8-18(22)36-20(28)12-26/h3-8,13-14,19-20H,9-12H2,1-2H3. The summed E-state index contributed by atoms with van der Waals surface area (Å²) >= 11 is 0.541. The first kappa shape index (κ1) is 30.9. The summed E-state index contributed by atoms with van der Waals surface area (Å²) in [5, 5.41) is 0. The van der Waals surface area contributed by atoms with Crippen molar-refractivity contribution in [3.05, 3.63) is 47.5 Å². The normalized spacial score (nSPS) is 15.7. The van der Waals surface area contributed by atoms with Crippen molar-refractivity contribution < 1.29 is 53.4 Å². The minimum atomic E-state index is -4.61. The second-order valence-electron chi connectivity index (χ2n) is 8.25. The van der Waals surface area contributed by atoms with Crippen LogP contribution in [0.15, 0.2) is 46.2 Å². The monoisotopic (exact) mass is 566 g/mol. The molecule has 208 valence electrons. The predicted molar refractivity (Wildman–Crippen MR) is 118 cm³/mol. The Kier molecular flexibility index (Phi) is 10.8. The number of hydrogen-bond acceptors (Lipinski definition) is 3. The Morgan fingerprint density at radius 1 is 0.676 bits per heavy atom. The van der Waals surface area contributed by atoms with E-state index in [0.717, 1.165) is 26.0 Å². The van der Waals surface area contributed by atoms with Gasteiger partial charge in [0.2, 0.25) is 0 Å². The van der Waals surface area contributed by atoms with Gasteiger partial charge in [-0.3, -0.25) is 0 Å². The summed E-state index contributed by atoms with van der Waals surface area (Å²) in [5.41, 5.74) is -0.0735. The quantitative estimate of drug-likeness (QED) is 0.240. The van der Waals surface area contributed by atoms with E-state index in [-0.39, 0.29) is 32.4 Å². The molecule has 0 aromatic heterocycles. The molecule has 0 amide bonds. The molecule has 4 atom stereocenters. The molecule has 0 fully saturated rings. The fourth-order valence-electron chi connectivity index (χ4n) is 3.19. The summed E-state index contributed by atoms with van der Waals surface area (Å²) in [7, 11) is 0. The summed E-state index contributed by atoms with van der Waals surface area (Å²) in [6.07, 6.45) is -15.5. The molecule has 4 unspecified atom stereocenters. The lowest BCUT2D eigenvalue weighted by Crippen LogP contribution is -2.22. The molecule has 2 aromatic rings. The number of hydrogen-bond donors (Lipinski definition) is 0. The maximum Gasteiger partial charge on any atom is 0.391 e. The van der Waals surface area contributed by atoms with Gasteiger partial charge >= 0.3 is 12.4 Å². The van der Waals surface area contributed by atoms with Crippen LogP contribution in [-0.2, 0) is 12.8 Å². The van der Waals surface area contributed by atoms with Gasteiger partial charge in [0.25, 0.3) is 12.7 Å². The minimum absolute atomic E-state index is 0.0368. The number of ether oxygens (including phenoxy) is 2. The Hall–Kier alpha value is -2.31. The highest BCUT2D eigenvalue weighted by Gasteiger charge is 2.38. The first-order valence-electron chi connectivity index (χ1n) is 11.0. The van der Waals surface area contributed by atoms with E-state index in [0.29, 0.717) is 11.8 Å². The molecule has 2 aromatic carbocycles. The van der Waals surface area contributed by atoms with Gasteiger partial charge in [-0.1, -0.05) is 49.9 Å². The SMILES string of the molecule is CC(Cc1cccc(OC(F)CF)c1Sc1c(CC(C)C(F)(F)F)cccc1OC(F)CF)C(F)(F)F. The van der Waals surface area contributed by atoms with E-state index in [4.69, 9.17) is 9.47 Å². The maximum absolute atomic E-state index is 13.8. The van der Waals surface area contributed by atoms with Crippen LogP contribution in [0.3, 0.4) is 0 Å². The molecule has 0 aliphatic carbocycles. The summed E-state index contributed by atoms with van der Waals surface area (Å²) in [6.45, 7) is -1.38. The van der Waals surface area contributed by atoms with Crippen LogP contribution in [0.2, 0.25) is 0 Å². The van der Waals surface area contributed by atoms with Crippen molar-refractivity contribution in [2.75, 3.05) is 13.3 Å². The molecule has 2 nitrogen and oxygen atoms in total. The molecule has 0 bridgehead atoms. The van der Waals surface area contributed by atoms with Crippen molar-refractivity contribution in [2.24, 2.45) is 11.8 Å². The Bertz CT molecular complexity index is 932. The summed E-state index contributed by atoms with van der Waals surface area (Å²) in [6, 6.07) is 7.32. The zero-order valence-electron chi connectivity index (χ0n) is 19.6. The Labute approximate surface area is 211 Å². The van der Waals surface area contributed by atoms with Gasteiger partial charge in [-0.2, -0.15) is 35.1 Å². The van der Waals surface area contributed by atoms with Gasteiger partial charge in [0.1, 0.15) is 11.5 Å². The lowest BCUT2D eigenvalue weighted by molar-refractivity contribution is -0.169. The molecule has 0 N–H and O–H groups in total. The van der Waals surface area contributed by atoms with Crippen molar-refractivity contribution in [3.8, 4) is 11.5 Å². The first-order valence-corrected chi connectivity index (χ1v) is 11.8. The first-order chi connectivity index (χ1) is 17.2. The molecule has 0 saturated carbocycles. The molecule has 13 heteroatoms. The summed E-state index contributed by atoms with van der Waals surface area (Å²) in [4.78, 5) is -0.329. The average molecular weight is 567 g/mol. The molecule has 0 aliphatic heterocycles. The highest BCUT2D eigenvalue weighted by molar-refractivity contribution is 7.99. The minimum Gasteiger partial charge on any atom is -0.456 e. The Balaban J connectivity index is 2.67. The largest absolute Gasteiger partial charge is 0.456 e. The van der Waals surface area contributed by atoms with Crippen LogP contribution in [0.5, 0.6) is 11.5 Å². The third kappa shape index (κ3) is 8.89. The van der Waals surface area contributed by atoms with Gasteiger partial charge < -0.3 is 9.47 Å². The van der Waals surface area contributed by atoms with E-state index in [1.54, 1.807) is 0 Å². The van der Waals surface area contributed by atoms with Gasteiger partial charge in [-0.25, -0.2) is 8.78 Å². The second kappa shape index (κ2) is 13.0. The van der Waals surface area contributed by atoms with E-state index in [1.165, 1.54) is 24.3 Å². The lowest BCUT2D eigenvalue weighted by atomic mass is 10.00. The fourth-order valence-corrected chi connectivity index (χ4v) is 4.40. The summed E-state index contributed by atoms with van der Waals surface area (Å²) in [5.74, 6) is -4.53. The molecule has 0 heterocycles. The van der Waals surface area contributed by atoms with Crippen LogP contribution in [0, 0.1) is 11.8 Å². The molecule has 0 saturated heterocycles. The smallest absolute Gasteiger partial charge is 0.391 e. The zero-order chi connectivity index (χ0) is 28.0. The Morgan fingerprint density at radius 3 is 1.32 bits per heavy atom. The van der Waals surface area contributed by atoms with Gasteiger partial charge in [0.15, 0.2) is 13.3 Å². The molecule has 37 heavy (non-hydrogen) atoms. The van der Waals surface area contributed by atoms with Crippen molar-refractivity contribution >= 4 is 11.8 Å². The topological polar surface area (TPSA) is 18.5 Å². The Morgan fingerprint density at radius 2 is 1.03 bits per heavy atom. The van der Waals surface area contributed by atoms with Crippen molar-refractivity contribution in [1.29, 1.82) is 0 Å². The fraction of sp³-hybridized carbons (Fsp3) is 0.500. The van der Waals surface area contributed by atoms with Crippen LogP contribution in [0.1, 0.15) is 25.0 Å². The van der Waals surface area contributed by atoms with Crippen LogP contribution < -0.4 is 9.47 Å². The number of rotatable bonds is 12. The highest BCUT2D eigenvalue weighted by Crippen LogP contribution is 2.46. The van der Waals surface area contributed by atoms with Crippen molar-refractivity contribution in [2.45, 2.75) is 61.5 Å². The predicted octanol–water partition coefficient (Wildman–Crippen LogP) is 8.61. The van der Waals surface area contributed by atoms with Gasteiger partial charge in [0, 0.05) is 0 Å². The van der Waals surface area contributed by atoms with E-state index in [2.05, 4.69) is 0 Å². The van der Waals surface area contributed by atoms with E-state index in [9.17, 15) is 43.9 Å². The molecule has 0 spiro atoms. The van der Waals surface area contributed by atoms with Gasteiger partial charge in [-0.05, 0) is 36.1 Å². The number of benzene rings is 2. The van der Waals surface area contributed by atoms with Crippen molar-refractivity contribution in [3.63, 3.8) is 0 Å². The van der Waals surface area contributed by atoms with Crippen LogP contribution >= 0.6 is 11.8 Å². The molecule has 0 radical (unpaired) electrons. The molecule has 2 rings (SSSR count). The van der Waals surface area contributed by atoms with Gasteiger partial charge in [0.05, 0.1) is 21.6 Å². The second-order valence-corrected chi connectivity index (χ2v) is 9.27. The van der Waals surface area contributed by atoms with E-state index >= 15 is 0 Å². The number of halogens is 10. The molecular formula is C24H24F10O2S. The third-order valence-electron chi connectivity index (χ3n) is 5.25. The van der Waals surface area contributed by atoms with E-state index < -0.39 is 63.1 Å². The zero-order valence-corrected chi connectivity index (χ0v) is 20.4. The lowest BCUT2D eigenvalue weighted by Gasteiger charge is -2.23. The highest BCUT2D eigenvalue weighted by atomic mass is 32.2. The maximum atomic E-state index is 13.8. The molecule has 0 aliphatic rings. The van der Waals surface area contributed by atoms with E-state index in [1.807, 2.05) is 0 Å².